The van der Waals surface area contributed by atoms with Crippen LogP contribution in [0.4, 0.5) is 13.2 Å². The molecule has 1 N–H and O–H groups in total. The number of amides is 1. The first-order valence-electron chi connectivity index (χ1n) is 8.77. The van der Waals surface area contributed by atoms with Gasteiger partial charge in [0.05, 0.1) is 0 Å². The van der Waals surface area contributed by atoms with E-state index in [0.29, 0.717) is 5.75 Å². The summed E-state index contributed by atoms with van der Waals surface area (Å²) in [6.45, 7) is 0.0128. The molecular weight excluding hydrogens is 377 g/mol. The molecule has 0 bridgehead atoms. The molecule has 1 atom stereocenters. The van der Waals surface area contributed by atoms with E-state index < -0.39 is 24.2 Å². The molecule has 0 saturated heterocycles. The Bertz CT molecular complexity index is 938. The summed E-state index contributed by atoms with van der Waals surface area (Å²) in [4.78, 5) is 12.3. The van der Waals surface area contributed by atoms with Crippen molar-refractivity contribution in [2.24, 2.45) is 5.10 Å². The Kier molecular flexibility index (Phi) is 4.41. The largest absolute Gasteiger partial charge is 0.486 e. The Morgan fingerprint density at radius 3 is 2.82 bits per heavy atom. The van der Waals surface area contributed by atoms with Gasteiger partial charge in [-0.2, -0.15) is 23.3 Å². The van der Waals surface area contributed by atoms with Gasteiger partial charge in [-0.15, -0.1) is 0 Å². The Balaban J connectivity index is 1.44. The van der Waals surface area contributed by atoms with Gasteiger partial charge in [-0.3, -0.25) is 4.79 Å². The molecule has 2 heterocycles. The van der Waals surface area contributed by atoms with Crippen LogP contribution in [0.25, 0.3) is 0 Å². The highest BCUT2D eigenvalue weighted by Gasteiger charge is 2.61. The predicted octanol–water partition coefficient (Wildman–Crippen LogP) is 3.43. The number of nitrogens with zero attached hydrogens (tertiary/aromatic N) is 2. The fourth-order valence-electron chi connectivity index (χ4n) is 3.36. The first-order valence-corrected chi connectivity index (χ1v) is 8.77. The number of aryl methyl sites for hydroxylation is 2. The number of halogens is 3. The zero-order valence-corrected chi connectivity index (χ0v) is 14.7. The minimum Gasteiger partial charge on any atom is -0.486 e. The molecule has 0 radical (unpaired) electrons. The van der Waals surface area contributed by atoms with E-state index in [1.807, 2.05) is 18.2 Å². The van der Waals surface area contributed by atoms with Gasteiger partial charge < -0.3 is 14.3 Å². The average Bonchev–Trinajstić information content (AvgIpc) is 3.38. The summed E-state index contributed by atoms with van der Waals surface area (Å²) in [5, 5.41) is 13.2. The van der Waals surface area contributed by atoms with Crippen molar-refractivity contribution >= 4 is 12.1 Å². The van der Waals surface area contributed by atoms with Crippen molar-refractivity contribution in [3.8, 4) is 5.75 Å². The molecule has 0 unspecified atom stereocenters. The lowest BCUT2D eigenvalue weighted by molar-refractivity contribution is -0.297. The van der Waals surface area contributed by atoms with Crippen molar-refractivity contribution < 1.29 is 32.2 Å². The van der Waals surface area contributed by atoms with Crippen LogP contribution >= 0.6 is 0 Å². The SMILES string of the molecule is O=C(c1ccc(COc2ccc3c(c2)CCC3)o1)N1N=CC[C@@]1(O)C(F)(F)F. The van der Waals surface area contributed by atoms with Gasteiger partial charge in [0.15, 0.2) is 5.76 Å². The average molecular weight is 394 g/mol. The summed E-state index contributed by atoms with van der Waals surface area (Å²) in [6, 6.07) is 8.49. The zero-order chi connectivity index (χ0) is 19.9. The lowest BCUT2D eigenvalue weighted by Gasteiger charge is -2.31. The van der Waals surface area contributed by atoms with Gasteiger partial charge >= 0.3 is 12.1 Å². The van der Waals surface area contributed by atoms with Crippen LogP contribution in [-0.2, 0) is 19.4 Å². The molecule has 148 valence electrons. The molecule has 1 aliphatic heterocycles. The molecule has 1 aromatic carbocycles. The second-order valence-electron chi connectivity index (χ2n) is 6.77. The summed E-state index contributed by atoms with van der Waals surface area (Å²) < 4.78 is 50.3. The van der Waals surface area contributed by atoms with Gasteiger partial charge in [-0.25, -0.2) is 0 Å². The minimum atomic E-state index is -5.05. The number of benzene rings is 1. The number of rotatable bonds is 4. The van der Waals surface area contributed by atoms with E-state index in [1.165, 1.54) is 23.3 Å². The maximum atomic E-state index is 13.1. The number of aliphatic hydroxyl groups is 1. The molecule has 1 aliphatic carbocycles. The molecule has 1 aromatic heterocycles. The highest BCUT2D eigenvalue weighted by molar-refractivity contribution is 5.93. The molecule has 1 amide bonds. The number of hydrazone groups is 1. The van der Waals surface area contributed by atoms with Crippen molar-refractivity contribution in [3.05, 3.63) is 53.0 Å². The lowest BCUT2D eigenvalue weighted by Crippen LogP contribution is -2.56. The van der Waals surface area contributed by atoms with Crippen molar-refractivity contribution in [1.82, 2.24) is 5.01 Å². The summed E-state index contributed by atoms with van der Waals surface area (Å²) in [7, 11) is 0. The second kappa shape index (κ2) is 6.66. The van der Waals surface area contributed by atoms with Gasteiger partial charge in [-0.05, 0) is 54.7 Å². The third kappa shape index (κ3) is 3.15. The first kappa shape index (κ1) is 18.5. The number of hydrogen-bond acceptors (Lipinski definition) is 5. The normalized spacial score (nSPS) is 21.2. The topological polar surface area (TPSA) is 75.3 Å². The lowest BCUT2D eigenvalue weighted by atomic mass is 10.1. The fraction of sp³-hybridized carbons (Fsp3) is 0.368. The number of ether oxygens (including phenoxy) is 1. The summed E-state index contributed by atoms with van der Waals surface area (Å²) in [6.07, 6.45) is -1.87. The van der Waals surface area contributed by atoms with Crippen LogP contribution in [0, 0.1) is 0 Å². The van der Waals surface area contributed by atoms with Gasteiger partial charge in [0.1, 0.15) is 18.1 Å². The van der Waals surface area contributed by atoms with Crippen molar-refractivity contribution in [3.63, 3.8) is 0 Å². The number of furan rings is 1. The molecule has 2 aliphatic rings. The Labute approximate surface area is 158 Å². The molecule has 9 heteroatoms. The molecule has 4 rings (SSSR count). The predicted molar refractivity (Wildman–Crippen MR) is 91.8 cm³/mol. The van der Waals surface area contributed by atoms with Crippen LogP contribution < -0.4 is 4.74 Å². The van der Waals surface area contributed by atoms with E-state index in [-0.39, 0.29) is 23.1 Å². The molecule has 0 saturated carbocycles. The quantitative estimate of drug-likeness (QED) is 0.862. The van der Waals surface area contributed by atoms with E-state index >= 15 is 0 Å². The first-order chi connectivity index (χ1) is 13.3. The second-order valence-corrected chi connectivity index (χ2v) is 6.77. The van der Waals surface area contributed by atoms with Gasteiger partial charge in [-0.1, -0.05) is 6.07 Å². The Morgan fingerprint density at radius 2 is 2.04 bits per heavy atom. The molecule has 6 nitrogen and oxygen atoms in total. The van der Waals surface area contributed by atoms with Crippen molar-refractivity contribution in [2.75, 3.05) is 0 Å². The molecule has 0 fully saturated rings. The summed E-state index contributed by atoms with van der Waals surface area (Å²) in [5.74, 6) is -0.630. The van der Waals surface area contributed by atoms with Crippen LogP contribution in [0.15, 0.2) is 39.9 Å². The molecule has 28 heavy (non-hydrogen) atoms. The third-order valence-corrected chi connectivity index (χ3v) is 4.89. The maximum Gasteiger partial charge on any atom is 0.438 e. The fourth-order valence-corrected chi connectivity index (χ4v) is 3.36. The Morgan fingerprint density at radius 1 is 1.25 bits per heavy atom. The van der Waals surface area contributed by atoms with E-state index in [1.54, 1.807) is 0 Å². The number of alkyl halides is 3. The van der Waals surface area contributed by atoms with Crippen molar-refractivity contribution in [2.45, 2.75) is 44.2 Å². The monoisotopic (exact) mass is 394 g/mol. The van der Waals surface area contributed by atoms with Gasteiger partial charge in [0, 0.05) is 12.6 Å². The number of carbonyl (C=O) groups is 1. The maximum absolute atomic E-state index is 13.1. The third-order valence-electron chi connectivity index (χ3n) is 4.89. The summed E-state index contributed by atoms with van der Waals surface area (Å²) >= 11 is 0. The zero-order valence-electron chi connectivity index (χ0n) is 14.7. The van der Waals surface area contributed by atoms with E-state index in [4.69, 9.17) is 9.15 Å². The highest BCUT2D eigenvalue weighted by Crippen LogP contribution is 2.39. The minimum absolute atomic E-state index is 0.00301. The Hall–Kier alpha value is -2.81. The van der Waals surface area contributed by atoms with Crippen LogP contribution in [0.2, 0.25) is 0 Å². The van der Waals surface area contributed by atoms with Crippen LogP contribution in [0.3, 0.4) is 0 Å². The van der Waals surface area contributed by atoms with Crippen LogP contribution in [0.1, 0.15) is 40.3 Å². The van der Waals surface area contributed by atoms with E-state index in [9.17, 15) is 23.1 Å². The van der Waals surface area contributed by atoms with Gasteiger partial charge in [0.25, 0.3) is 5.72 Å². The smallest absolute Gasteiger partial charge is 0.438 e. The number of hydrogen-bond donors (Lipinski definition) is 1. The molecular formula is C19H17F3N2O4. The van der Waals surface area contributed by atoms with Gasteiger partial charge in [0.2, 0.25) is 0 Å². The number of fused-ring (bicyclic) bond motifs is 1. The van der Waals surface area contributed by atoms with E-state index in [2.05, 4.69) is 5.10 Å². The van der Waals surface area contributed by atoms with Crippen molar-refractivity contribution in [1.29, 1.82) is 0 Å². The summed E-state index contributed by atoms with van der Waals surface area (Å²) in [5.41, 5.74) is -0.828. The standard InChI is InChI=1S/C19H17F3N2O4/c20-19(21,22)18(26)8-9-23-24(18)17(25)16-7-6-15(28-16)11-27-14-5-4-12-2-1-3-13(12)10-14/h4-7,9-10,26H,1-3,8,11H2/t18-/m1/s1. The number of carbonyl (C=O) groups excluding carboxylic acids is 1. The van der Waals surface area contributed by atoms with E-state index in [0.717, 1.165) is 25.5 Å². The molecule has 2 aromatic rings. The highest BCUT2D eigenvalue weighted by atomic mass is 19.4. The molecule has 0 spiro atoms. The van der Waals surface area contributed by atoms with Crippen LogP contribution in [-0.4, -0.2) is 34.1 Å². The van der Waals surface area contributed by atoms with Crippen LogP contribution in [0.5, 0.6) is 5.75 Å².